The highest BCUT2D eigenvalue weighted by Crippen LogP contribution is 1.93. The van der Waals surface area contributed by atoms with Crippen LogP contribution in [0, 0.1) is 0 Å². The number of amides is 1. The van der Waals surface area contributed by atoms with Crippen LogP contribution in [0.1, 0.15) is 47.0 Å². The monoisotopic (exact) mass is 270 g/mol. The molecule has 0 heterocycles. The number of rotatable bonds is 9. The SMILES string of the molecule is CCCCN=C(NCC)NCCC(=O)N(CC)CC. The fraction of sp³-hybridized carbons (Fsp3) is 0.857. The summed E-state index contributed by atoms with van der Waals surface area (Å²) in [5, 5.41) is 6.39. The molecule has 0 bridgehead atoms. The maximum absolute atomic E-state index is 11.8. The number of carbonyl (C=O) groups is 1. The molecule has 1 amide bonds. The molecule has 0 saturated carbocycles. The van der Waals surface area contributed by atoms with E-state index in [0.717, 1.165) is 45.0 Å². The summed E-state index contributed by atoms with van der Waals surface area (Å²) in [7, 11) is 0. The van der Waals surface area contributed by atoms with Crippen molar-refractivity contribution >= 4 is 11.9 Å². The highest BCUT2D eigenvalue weighted by atomic mass is 16.2. The number of nitrogens with one attached hydrogen (secondary N) is 2. The van der Waals surface area contributed by atoms with Gasteiger partial charge in [0.05, 0.1) is 0 Å². The summed E-state index contributed by atoms with van der Waals surface area (Å²) in [6.07, 6.45) is 2.75. The summed E-state index contributed by atoms with van der Waals surface area (Å²) in [4.78, 5) is 18.1. The lowest BCUT2D eigenvalue weighted by molar-refractivity contribution is -0.130. The van der Waals surface area contributed by atoms with Crippen LogP contribution in [0.5, 0.6) is 0 Å². The molecule has 0 aliphatic rings. The van der Waals surface area contributed by atoms with Crippen molar-refractivity contribution in [1.29, 1.82) is 0 Å². The standard InChI is InChI=1S/C14H30N4O/c1-5-9-11-16-14(15-6-2)17-12-10-13(19)18(7-3)8-4/h5-12H2,1-4H3,(H2,15,16,17). The minimum atomic E-state index is 0.196. The predicted octanol–water partition coefficient (Wildman–Crippen LogP) is 1.60. The van der Waals surface area contributed by atoms with E-state index in [2.05, 4.69) is 22.5 Å². The summed E-state index contributed by atoms with van der Waals surface area (Å²) < 4.78 is 0. The molecule has 19 heavy (non-hydrogen) atoms. The highest BCUT2D eigenvalue weighted by molar-refractivity contribution is 5.81. The second kappa shape index (κ2) is 11.8. The minimum Gasteiger partial charge on any atom is -0.357 e. The van der Waals surface area contributed by atoms with E-state index in [1.807, 2.05) is 25.7 Å². The van der Waals surface area contributed by atoms with E-state index in [9.17, 15) is 4.79 Å². The topological polar surface area (TPSA) is 56.7 Å². The first-order valence-electron chi connectivity index (χ1n) is 7.49. The lowest BCUT2D eigenvalue weighted by Gasteiger charge is -2.19. The number of aliphatic imine (C=N–C) groups is 1. The average molecular weight is 270 g/mol. The number of unbranched alkanes of at least 4 members (excludes halogenated alkanes) is 1. The third-order valence-electron chi connectivity index (χ3n) is 2.87. The van der Waals surface area contributed by atoms with Gasteiger partial charge in [-0.1, -0.05) is 13.3 Å². The van der Waals surface area contributed by atoms with E-state index in [-0.39, 0.29) is 5.91 Å². The van der Waals surface area contributed by atoms with Gasteiger partial charge >= 0.3 is 0 Å². The third-order valence-corrected chi connectivity index (χ3v) is 2.87. The van der Waals surface area contributed by atoms with E-state index in [0.29, 0.717) is 13.0 Å². The van der Waals surface area contributed by atoms with Gasteiger partial charge in [0.25, 0.3) is 0 Å². The first-order valence-corrected chi connectivity index (χ1v) is 7.49. The number of nitrogens with zero attached hydrogens (tertiary/aromatic N) is 2. The maximum Gasteiger partial charge on any atom is 0.224 e. The van der Waals surface area contributed by atoms with E-state index in [4.69, 9.17) is 0 Å². The molecule has 0 aliphatic carbocycles. The van der Waals surface area contributed by atoms with Crippen molar-refractivity contribution in [2.24, 2.45) is 4.99 Å². The molecule has 0 saturated heterocycles. The Balaban J connectivity index is 4.04. The highest BCUT2D eigenvalue weighted by Gasteiger charge is 2.08. The molecule has 0 spiro atoms. The van der Waals surface area contributed by atoms with Gasteiger partial charge in [0.2, 0.25) is 5.91 Å². The first-order chi connectivity index (χ1) is 9.19. The summed E-state index contributed by atoms with van der Waals surface area (Å²) in [5.74, 6) is 1.00. The normalized spacial score (nSPS) is 11.3. The smallest absolute Gasteiger partial charge is 0.224 e. The molecule has 5 nitrogen and oxygen atoms in total. The van der Waals surface area contributed by atoms with Gasteiger partial charge in [-0.05, 0) is 27.2 Å². The second-order valence-corrected chi connectivity index (χ2v) is 4.36. The summed E-state index contributed by atoms with van der Waals surface area (Å²) in [5.41, 5.74) is 0. The van der Waals surface area contributed by atoms with Gasteiger partial charge in [-0.3, -0.25) is 9.79 Å². The van der Waals surface area contributed by atoms with E-state index in [1.54, 1.807) is 0 Å². The Hall–Kier alpha value is -1.26. The van der Waals surface area contributed by atoms with Crippen molar-refractivity contribution < 1.29 is 4.79 Å². The number of guanidine groups is 1. The van der Waals surface area contributed by atoms with Crippen LogP contribution in [0.4, 0.5) is 0 Å². The van der Waals surface area contributed by atoms with E-state index < -0.39 is 0 Å². The third kappa shape index (κ3) is 8.46. The van der Waals surface area contributed by atoms with Gasteiger partial charge in [-0.25, -0.2) is 0 Å². The lowest BCUT2D eigenvalue weighted by atomic mass is 10.3. The molecule has 0 aliphatic heterocycles. The zero-order valence-electron chi connectivity index (χ0n) is 13.0. The molecule has 5 heteroatoms. The van der Waals surface area contributed by atoms with Gasteiger partial charge in [-0.2, -0.15) is 0 Å². The fourth-order valence-corrected chi connectivity index (χ4v) is 1.71. The molecular weight excluding hydrogens is 240 g/mol. The van der Waals surface area contributed by atoms with Gasteiger partial charge in [-0.15, -0.1) is 0 Å². The minimum absolute atomic E-state index is 0.196. The van der Waals surface area contributed by atoms with Gasteiger partial charge < -0.3 is 15.5 Å². The number of hydrogen-bond donors (Lipinski definition) is 2. The zero-order valence-corrected chi connectivity index (χ0v) is 13.0. The predicted molar refractivity (Wildman–Crippen MR) is 81.4 cm³/mol. The largest absolute Gasteiger partial charge is 0.357 e. The van der Waals surface area contributed by atoms with Crippen molar-refractivity contribution in [2.45, 2.75) is 47.0 Å². The van der Waals surface area contributed by atoms with Crippen LogP contribution in [-0.4, -0.2) is 49.5 Å². The van der Waals surface area contributed by atoms with Crippen LogP contribution in [0.2, 0.25) is 0 Å². The van der Waals surface area contributed by atoms with Crippen LogP contribution >= 0.6 is 0 Å². The molecule has 0 fully saturated rings. The number of hydrogen-bond acceptors (Lipinski definition) is 2. The van der Waals surface area contributed by atoms with Gasteiger partial charge in [0.1, 0.15) is 0 Å². The Morgan fingerprint density at radius 1 is 1.11 bits per heavy atom. The van der Waals surface area contributed by atoms with Crippen LogP contribution in [0.25, 0.3) is 0 Å². The Labute approximate surface area is 117 Å². The molecular formula is C14H30N4O. The van der Waals surface area contributed by atoms with Crippen LogP contribution in [0.15, 0.2) is 4.99 Å². The molecule has 0 radical (unpaired) electrons. The fourth-order valence-electron chi connectivity index (χ4n) is 1.71. The summed E-state index contributed by atoms with van der Waals surface area (Å²) in [6.45, 7) is 12.1. The molecule has 112 valence electrons. The molecule has 0 rings (SSSR count). The van der Waals surface area contributed by atoms with Crippen LogP contribution in [0.3, 0.4) is 0 Å². The Bertz CT molecular complexity index is 262. The molecule has 0 aromatic rings. The van der Waals surface area contributed by atoms with Crippen molar-refractivity contribution in [3.63, 3.8) is 0 Å². The Kier molecular flexibility index (Phi) is 11.0. The lowest BCUT2D eigenvalue weighted by Crippen LogP contribution is -2.40. The quantitative estimate of drug-likeness (QED) is 0.380. The van der Waals surface area contributed by atoms with E-state index >= 15 is 0 Å². The summed E-state index contributed by atoms with van der Waals surface area (Å²) >= 11 is 0. The summed E-state index contributed by atoms with van der Waals surface area (Å²) in [6, 6.07) is 0. The van der Waals surface area contributed by atoms with Crippen LogP contribution < -0.4 is 10.6 Å². The van der Waals surface area contributed by atoms with Crippen LogP contribution in [-0.2, 0) is 4.79 Å². The van der Waals surface area contributed by atoms with E-state index in [1.165, 1.54) is 0 Å². The maximum atomic E-state index is 11.8. The number of carbonyl (C=O) groups excluding carboxylic acids is 1. The molecule has 0 unspecified atom stereocenters. The van der Waals surface area contributed by atoms with Crippen molar-refractivity contribution in [3.05, 3.63) is 0 Å². The second-order valence-electron chi connectivity index (χ2n) is 4.36. The molecule has 0 aromatic carbocycles. The van der Waals surface area contributed by atoms with Crippen molar-refractivity contribution in [3.8, 4) is 0 Å². The zero-order chi connectivity index (χ0) is 14.5. The average Bonchev–Trinajstić information content (AvgIpc) is 2.40. The Morgan fingerprint density at radius 2 is 1.79 bits per heavy atom. The van der Waals surface area contributed by atoms with Gasteiger partial charge in [0.15, 0.2) is 5.96 Å². The first kappa shape index (κ1) is 17.7. The van der Waals surface area contributed by atoms with Crippen molar-refractivity contribution in [2.75, 3.05) is 32.7 Å². The molecule has 0 aromatic heterocycles. The molecule has 2 N–H and O–H groups in total. The van der Waals surface area contributed by atoms with Crippen molar-refractivity contribution in [1.82, 2.24) is 15.5 Å². The molecule has 0 atom stereocenters. The van der Waals surface area contributed by atoms with Gasteiger partial charge in [0, 0.05) is 39.1 Å². The Morgan fingerprint density at radius 3 is 2.32 bits per heavy atom.